The van der Waals surface area contributed by atoms with Crippen molar-refractivity contribution in [3.63, 3.8) is 0 Å². The number of rotatable bonds is 4. The predicted octanol–water partition coefficient (Wildman–Crippen LogP) is 3.31. The molecule has 0 atom stereocenters. The maximum Gasteiger partial charge on any atom is 0.344 e. The van der Waals surface area contributed by atoms with Crippen LogP contribution in [-0.2, 0) is 0 Å². The zero-order chi connectivity index (χ0) is 17.1. The van der Waals surface area contributed by atoms with Crippen LogP contribution in [0, 0.1) is 17.0 Å². The Hall–Kier alpha value is -3.48. The summed E-state index contributed by atoms with van der Waals surface area (Å²) in [6.45, 7) is 1.79. The maximum absolute atomic E-state index is 12.3. The third kappa shape index (κ3) is 3.14. The van der Waals surface area contributed by atoms with Crippen LogP contribution in [0.2, 0.25) is 0 Å². The van der Waals surface area contributed by atoms with Crippen LogP contribution < -0.4 is 4.74 Å². The molecule has 0 saturated carbocycles. The van der Waals surface area contributed by atoms with Crippen molar-refractivity contribution in [1.82, 2.24) is 9.78 Å². The molecule has 0 bridgehead atoms. The van der Waals surface area contributed by atoms with Crippen molar-refractivity contribution in [2.24, 2.45) is 0 Å². The Morgan fingerprint density at radius 3 is 2.42 bits per heavy atom. The van der Waals surface area contributed by atoms with Gasteiger partial charge in [-0.05, 0) is 31.2 Å². The molecule has 0 saturated heterocycles. The van der Waals surface area contributed by atoms with Gasteiger partial charge in [-0.15, -0.1) is 0 Å². The zero-order valence-corrected chi connectivity index (χ0v) is 12.7. The Bertz CT molecular complexity index is 886. The largest absolute Gasteiger partial charge is 0.404 e. The van der Waals surface area contributed by atoms with Crippen LogP contribution in [0.1, 0.15) is 16.1 Å². The Morgan fingerprint density at radius 1 is 1.12 bits per heavy atom. The normalized spacial score (nSPS) is 10.4. The second-order valence-corrected chi connectivity index (χ2v) is 5.06. The Kier molecular flexibility index (Phi) is 4.07. The van der Waals surface area contributed by atoms with Gasteiger partial charge in [-0.25, -0.2) is 9.48 Å². The molecule has 24 heavy (non-hydrogen) atoms. The SMILES string of the molecule is Cc1cc(OC(=O)c2ccc([N+](=O)[O-])cc2)n(-c2ccccc2)n1. The van der Waals surface area contributed by atoms with Gasteiger partial charge in [-0.3, -0.25) is 10.1 Å². The first kappa shape index (κ1) is 15.4. The first-order valence-electron chi connectivity index (χ1n) is 7.13. The number of nitro benzene ring substituents is 1. The molecule has 0 N–H and O–H groups in total. The second kappa shape index (κ2) is 6.33. The van der Waals surface area contributed by atoms with Crippen molar-refractivity contribution < 1.29 is 14.5 Å². The molecular formula is C17H13N3O4. The minimum atomic E-state index is -0.609. The predicted molar refractivity (Wildman–Crippen MR) is 86.4 cm³/mol. The van der Waals surface area contributed by atoms with E-state index in [0.29, 0.717) is 5.69 Å². The molecule has 3 rings (SSSR count). The number of non-ortho nitro benzene ring substituents is 1. The van der Waals surface area contributed by atoms with Gasteiger partial charge in [0.15, 0.2) is 0 Å². The van der Waals surface area contributed by atoms with E-state index in [2.05, 4.69) is 5.10 Å². The van der Waals surface area contributed by atoms with Gasteiger partial charge in [0.2, 0.25) is 5.88 Å². The van der Waals surface area contributed by atoms with Gasteiger partial charge in [0.05, 0.1) is 21.9 Å². The highest BCUT2D eigenvalue weighted by Crippen LogP contribution is 2.21. The standard InChI is InChI=1S/C17H13N3O4/c1-12-11-16(19(18-12)14-5-3-2-4-6-14)24-17(21)13-7-9-15(10-8-13)20(22)23/h2-11H,1H3. The summed E-state index contributed by atoms with van der Waals surface area (Å²) in [6, 6.07) is 16.2. The number of hydrogen-bond acceptors (Lipinski definition) is 5. The summed E-state index contributed by atoms with van der Waals surface area (Å²) in [6.07, 6.45) is 0. The minimum Gasteiger partial charge on any atom is -0.404 e. The number of nitrogens with zero attached hydrogens (tertiary/aromatic N) is 3. The van der Waals surface area contributed by atoms with Gasteiger partial charge in [-0.2, -0.15) is 5.10 Å². The van der Waals surface area contributed by atoms with Gasteiger partial charge in [0, 0.05) is 18.2 Å². The summed E-state index contributed by atoms with van der Waals surface area (Å²) in [5, 5.41) is 15.0. The highest BCUT2D eigenvalue weighted by Gasteiger charge is 2.16. The number of aryl methyl sites for hydroxylation is 1. The first-order chi connectivity index (χ1) is 11.5. The number of esters is 1. The molecule has 7 nitrogen and oxygen atoms in total. The quantitative estimate of drug-likeness (QED) is 0.417. The molecule has 0 aliphatic rings. The molecule has 3 aromatic rings. The molecule has 0 aliphatic carbocycles. The van der Waals surface area contributed by atoms with Crippen LogP contribution >= 0.6 is 0 Å². The minimum absolute atomic E-state index is 0.0864. The van der Waals surface area contributed by atoms with Gasteiger partial charge < -0.3 is 4.74 Å². The summed E-state index contributed by atoms with van der Waals surface area (Å²) < 4.78 is 6.93. The summed E-state index contributed by atoms with van der Waals surface area (Å²) in [5.74, 6) is -0.330. The average molecular weight is 323 g/mol. The lowest BCUT2D eigenvalue weighted by molar-refractivity contribution is -0.384. The summed E-state index contributed by atoms with van der Waals surface area (Å²) in [4.78, 5) is 22.4. The van der Waals surface area contributed by atoms with Crippen molar-refractivity contribution in [3.8, 4) is 11.6 Å². The molecule has 0 fully saturated rings. The molecule has 2 aromatic carbocycles. The smallest absolute Gasteiger partial charge is 0.344 e. The molecule has 0 amide bonds. The molecule has 0 spiro atoms. The van der Waals surface area contributed by atoms with E-state index in [9.17, 15) is 14.9 Å². The van der Waals surface area contributed by atoms with E-state index in [4.69, 9.17) is 4.74 Å². The number of carbonyl (C=O) groups is 1. The van der Waals surface area contributed by atoms with E-state index in [-0.39, 0.29) is 17.1 Å². The van der Waals surface area contributed by atoms with E-state index in [1.54, 1.807) is 13.0 Å². The van der Waals surface area contributed by atoms with Gasteiger partial charge in [0.1, 0.15) is 0 Å². The number of aromatic nitrogens is 2. The fraction of sp³-hybridized carbons (Fsp3) is 0.0588. The van der Waals surface area contributed by atoms with E-state index >= 15 is 0 Å². The Labute approximate surface area is 137 Å². The maximum atomic E-state index is 12.3. The first-order valence-corrected chi connectivity index (χ1v) is 7.13. The van der Waals surface area contributed by atoms with Crippen LogP contribution in [0.15, 0.2) is 60.7 Å². The van der Waals surface area contributed by atoms with Crippen molar-refractivity contribution in [3.05, 3.63) is 82.0 Å². The van der Waals surface area contributed by atoms with Crippen molar-refractivity contribution in [2.45, 2.75) is 6.92 Å². The van der Waals surface area contributed by atoms with Gasteiger partial charge in [-0.1, -0.05) is 18.2 Å². The number of ether oxygens (including phenoxy) is 1. The molecule has 0 aliphatic heterocycles. The van der Waals surface area contributed by atoms with Crippen molar-refractivity contribution in [1.29, 1.82) is 0 Å². The van der Waals surface area contributed by atoms with Gasteiger partial charge >= 0.3 is 5.97 Å². The third-order valence-corrected chi connectivity index (χ3v) is 3.31. The second-order valence-electron chi connectivity index (χ2n) is 5.06. The van der Waals surface area contributed by atoms with Crippen LogP contribution in [0.3, 0.4) is 0 Å². The number of carbonyl (C=O) groups excluding carboxylic acids is 1. The van der Waals surface area contributed by atoms with Gasteiger partial charge in [0.25, 0.3) is 5.69 Å². The van der Waals surface area contributed by atoms with E-state index < -0.39 is 10.9 Å². The fourth-order valence-corrected chi connectivity index (χ4v) is 2.18. The van der Waals surface area contributed by atoms with Crippen molar-refractivity contribution >= 4 is 11.7 Å². The third-order valence-electron chi connectivity index (χ3n) is 3.31. The molecule has 1 aromatic heterocycles. The van der Waals surface area contributed by atoms with Crippen LogP contribution in [0.4, 0.5) is 5.69 Å². The summed E-state index contributed by atoms with van der Waals surface area (Å²) >= 11 is 0. The van der Waals surface area contributed by atoms with Crippen LogP contribution in [0.25, 0.3) is 5.69 Å². The van der Waals surface area contributed by atoms with Crippen molar-refractivity contribution in [2.75, 3.05) is 0 Å². The Balaban J connectivity index is 1.86. The molecule has 120 valence electrons. The van der Waals surface area contributed by atoms with E-state index in [1.165, 1.54) is 28.9 Å². The topological polar surface area (TPSA) is 87.3 Å². The monoisotopic (exact) mass is 323 g/mol. The summed E-state index contributed by atoms with van der Waals surface area (Å²) in [5.41, 5.74) is 1.60. The van der Waals surface area contributed by atoms with E-state index in [1.807, 2.05) is 30.3 Å². The number of hydrogen-bond donors (Lipinski definition) is 0. The lowest BCUT2D eigenvalue weighted by Crippen LogP contribution is -2.11. The number of nitro groups is 1. The molecule has 1 heterocycles. The Morgan fingerprint density at radius 2 is 1.79 bits per heavy atom. The van der Waals surface area contributed by atoms with Crippen LogP contribution in [-0.4, -0.2) is 20.7 Å². The lowest BCUT2D eigenvalue weighted by Gasteiger charge is -2.07. The number of benzene rings is 2. The molecular weight excluding hydrogens is 310 g/mol. The summed E-state index contributed by atoms with van der Waals surface area (Å²) in [7, 11) is 0. The van der Waals surface area contributed by atoms with Crippen LogP contribution in [0.5, 0.6) is 5.88 Å². The highest BCUT2D eigenvalue weighted by atomic mass is 16.6. The zero-order valence-electron chi connectivity index (χ0n) is 12.7. The molecule has 7 heteroatoms. The molecule has 0 unspecified atom stereocenters. The number of para-hydroxylation sites is 1. The molecule has 0 radical (unpaired) electrons. The highest BCUT2D eigenvalue weighted by molar-refractivity contribution is 5.91. The average Bonchev–Trinajstić information content (AvgIpc) is 2.96. The lowest BCUT2D eigenvalue weighted by atomic mass is 10.2. The fourth-order valence-electron chi connectivity index (χ4n) is 2.18. The van der Waals surface area contributed by atoms with E-state index in [0.717, 1.165) is 5.69 Å².